The highest BCUT2D eigenvalue weighted by atomic mass is 32.2. The molecule has 0 atom stereocenters. The van der Waals surface area contributed by atoms with Gasteiger partial charge in [0.25, 0.3) is 0 Å². The lowest BCUT2D eigenvalue weighted by molar-refractivity contribution is -0.100. The Hall–Kier alpha value is -0.0900. The van der Waals surface area contributed by atoms with Crippen molar-refractivity contribution >= 4 is 9.84 Å². The first-order chi connectivity index (χ1) is 4.83. The van der Waals surface area contributed by atoms with Crippen LogP contribution in [0.3, 0.4) is 0 Å². The highest BCUT2D eigenvalue weighted by Crippen LogP contribution is 2.54. The standard InChI is InChI=1S/C7H12O3S/c1-6(8)2-7(3-6)4-11(9,10)5-7/h8H,2-5H2,1H3. The summed E-state index contributed by atoms with van der Waals surface area (Å²) in [5.74, 6) is 0.603. The van der Waals surface area contributed by atoms with Crippen LogP contribution >= 0.6 is 0 Å². The van der Waals surface area contributed by atoms with Crippen LogP contribution in [-0.2, 0) is 9.84 Å². The molecule has 0 unspecified atom stereocenters. The molecule has 2 aliphatic rings. The molecule has 1 aliphatic carbocycles. The summed E-state index contributed by atoms with van der Waals surface area (Å²) in [7, 11) is -2.71. The van der Waals surface area contributed by atoms with Crippen molar-refractivity contribution in [2.75, 3.05) is 11.5 Å². The Kier molecular flexibility index (Phi) is 1.13. The molecule has 2 fully saturated rings. The van der Waals surface area contributed by atoms with E-state index in [2.05, 4.69) is 0 Å². The minimum absolute atomic E-state index is 0.0255. The third-order valence-electron chi connectivity index (χ3n) is 2.56. The summed E-state index contributed by atoms with van der Waals surface area (Å²) in [4.78, 5) is 0. The molecular weight excluding hydrogens is 164 g/mol. The van der Waals surface area contributed by atoms with Crippen molar-refractivity contribution in [2.24, 2.45) is 5.41 Å². The fraction of sp³-hybridized carbons (Fsp3) is 1.00. The normalized spacial score (nSPS) is 35.8. The van der Waals surface area contributed by atoms with E-state index < -0.39 is 15.4 Å². The van der Waals surface area contributed by atoms with Crippen molar-refractivity contribution < 1.29 is 13.5 Å². The summed E-state index contributed by atoms with van der Waals surface area (Å²) in [6.07, 6.45) is 1.33. The maximum atomic E-state index is 10.8. The predicted octanol–water partition coefficient (Wildman–Crippen LogP) is -0.0540. The molecule has 0 aromatic carbocycles. The van der Waals surface area contributed by atoms with Crippen molar-refractivity contribution in [1.29, 1.82) is 0 Å². The molecule has 64 valence electrons. The van der Waals surface area contributed by atoms with Gasteiger partial charge in [0.15, 0.2) is 9.84 Å². The van der Waals surface area contributed by atoms with E-state index in [0.29, 0.717) is 24.3 Å². The van der Waals surface area contributed by atoms with Gasteiger partial charge in [-0.25, -0.2) is 8.42 Å². The zero-order valence-corrected chi connectivity index (χ0v) is 7.32. The molecule has 1 heterocycles. The van der Waals surface area contributed by atoms with Gasteiger partial charge in [-0.3, -0.25) is 0 Å². The van der Waals surface area contributed by atoms with Crippen LogP contribution in [0.1, 0.15) is 19.8 Å². The first-order valence-corrected chi connectivity index (χ1v) is 5.58. The minimum Gasteiger partial charge on any atom is -0.390 e. The first kappa shape index (κ1) is 7.55. The Balaban J connectivity index is 2.03. The first-order valence-electron chi connectivity index (χ1n) is 3.76. The lowest BCUT2D eigenvalue weighted by Gasteiger charge is -2.56. The maximum absolute atomic E-state index is 10.8. The monoisotopic (exact) mass is 176 g/mol. The van der Waals surface area contributed by atoms with E-state index in [1.807, 2.05) is 0 Å². The molecule has 0 aromatic rings. The number of hydrogen-bond donors (Lipinski definition) is 1. The van der Waals surface area contributed by atoms with Gasteiger partial charge in [0.05, 0.1) is 17.1 Å². The molecular formula is C7H12O3S. The summed E-state index contributed by atoms with van der Waals surface area (Å²) in [6.45, 7) is 1.77. The zero-order valence-electron chi connectivity index (χ0n) is 6.50. The molecule has 0 aromatic heterocycles. The molecule has 3 nitrogen and oxygen atoms in total. The van der Waals surface area contributed by atoms with Crippen molar-refractivity contribution in [3.05, 3.63) is 0 Å². The van der Waals surface area contributed by atoms with Crippen LogP contribution in [0, 0.1) is 5.41 Å². The Morgan fingerprint density at radius 1 is 1.27 bits per heavy atom. The SMILES string of the molecule is CC1(O)CC2(C1)CS(=O)(=O)C2. The summed E-state index contributed by atoms with van der Waals surface area (Å²) in [5.41, 5.74) is -0.613. The Morgan fingerprint density at radius 2 is 1.73 bits per heavy atom. The predicted molar refractivity (Wildman–Crippen MR) is 40.9 cm³/mol. The minimum atomic E-state index is -2.71. The molecule has 0 amide bonds. The Morgan fingerprint density at radius 3 is 2.00 bits per heavy atom. The van der Waals surface area contributed by atoms with Gasteiger partial charge in [-0.15, -0.1) is 0 Å². The van der Waals surface area contributed by atoms with Crippen LogP contribution in [0.2, 0.25) is 0 Å². The highest BCUT2D eigenvalue weighted by Gasteiger charge is 2.60. The number of rotatable bonds is 0. The molecule has 1 spiro atoms. The summed E-state index contributed by atoms with van der Waals surface area (Å²) >= 11 is 0. The average Bonchev–Trinajstić information content (AvgIpc) is 1.52. The third-order valence-corrected chi connectivity index (χ3v) is 4.67. The molecule has 11 heavy (non-hydrogen) atoms. The largest absolute Gasteiger partial charge is 0.390 e. The number of aliphatic hydroxyl groups is 1. The molecule has 1 N–H and O–H groups in total. The summed E-state index contributed by atoms with van der Waals surface area (Å²) in [6, 6.07) is 0. The topological polar surface area (TPSA) is 54.4 Å². The molecule has 0 radical (unpaired) electrons. The molecule has 1 saturated heterocycles. The lowest BCUT2D eigenvalue weighted by atomic mass is 9.61. The van der Waals surface area contributed by atoms with E-state index >= 15 is 0 Å². The fourth-order valence-electron chi connectivity index (χ4n) is 2.66. The van der Waals surface area contributed by atoms with Crippen molar-refractivity contribution in [3.63, 3.8) is 0 Å². The van der Waals surface area contributed by atoms with Gasteiger partial charge in [0.1, 0.15) is 0 Å². The number of hydrogen-bond acceptors (Lipinski definition) is 3. The van der Waals surface area contributed by atoms with Crippen molar-refractivity contribution in [1.82, 2.24) is 0 Å². The fourth-order valence-corrected chi connectivity index (χ4v) is 4.85. The average molecular weight is 176 g/mol. The Bertz CT molecular complexity index is 267. The summed E-state index contributed by atoms with van der Waals surface area (Å²) in [5, 5.41) is 9.39. The second-order valence-corrected chi connectivity index (χ2v) is 6.45. The second kappa shape index (κ2) is 1.64. The van der Waals surface area contributed by atoms with Crippen LogP contribution in [0.25, 0.3) is 0 Å². The van der Waals surface area contributed by atoms with Gasteiger partial charge in [-0.2, -0.15) is 0 Å². The zero-order chi connectivity index (χ0) is 8.33. The Labute approximate surface area is 66.3 Å². The summed E-state index contributed by atoms with van der Waals surface area (Å²) < 4.78 is 21.6. The molecule has 1 aliphatic heterocycles. The van der Waals surface area contributed by atoms with Gasteiger partial charge in [-0.1, -0.05) is 0 Å². The smallest absolute Gasteiger partial charge is 0.151 e. The van der Waals surface area contributed by atoms with Gasteiger partial charge < -0.3 is 5.11 Å². The van der Waals surface area contributed by atoms with Crippen molar-refractivity contribution in [2.45, 2.75) is 25.4 Å². The van der Waals surface area contributed by atoms with E-state index in [-0.39, 0.29) is 5.41 Å². The van der Waals surface area contributed by atoms with Crippen LogP contribution in [0.15, 0.2) is 0 Å². The number of sulfone groups is 1. The molecule has 0 bridgehead atoms. The molecule has 4 heteroatoms. The van der Waals surface area contributed by atoms with E-state index in [9.17, 15) is 13.5 Å². The van der Waals surface area contributed by atoms with Crippen LogP contribution in [0.5, 0.6) is 0 Å². The molecule has 2 rings (SSSR count). The van der Waals surface area contributed by atoms with Gasteiger partial charge >= 0.3 is 0 Å². The van der Waals surface area contributed by atoms with Crippen molar-refractivity contribution in [3.8, 4) is 0 Å². The van der Waals surface area contributed by atoms with E-state index in [1.165, 1.54) is 0 Å². The molecule has 1 saturated carbocycles. The maximum Gasteiger partial charge on any atom is 0.151 e. The van der Waals surface area contributed by atoms with E-state index in [4.69, 9.17) is 0 Å². The van der Waals surface area contributed by atoms with E-state index in [0.717, 1.165) is 0 Å². The third kappa shape index (κ3) is 1.08. The van der Waals surface area contributed by atoms with Crippen LogP contribution in [-0.4, -0.2) is 30.6 Å². The second-order valence-electron chi connectivity index (χ2n) is 4.38. The van der Waals surface area contributed by atoms with E-state index in [1.54, 1.807) is 6.92 Å². The van der Waals surface area contributed by atoms with Crippen LogP contribution in [0.4, 0.5) is 0 Å². The van der Waals surface area contributed by atoms with Gasteiger partial charge in [0, 0.05) is 5.41 Å². The highest BCUT2D eigenvalue weighted by molar-refractivity contribution is 7.92. The van der Waals surface area contributed by atoms with Crippen LogP contribution < -0.4 is 0 Å². The lowest BCUT2D eigenvalue weighted by Crippen LogP contribution is -2.62. The quantitative estimate of drug-likeness (QED) is 0.563. The van der Waals surface area contributed by atoms with Gasteiger partial charge in [0.2, 0.25) is 0 Å². The van der Waals surface area contributed by atoms with Gasteiger partial charge in [-0.05, 0) is 19.8 Å².